The van der Waals surface area contributed by atoms with Crippen LogP contribution in [-0.4, -0.2) is 59.4 Å². The molecule has 0 unspecified atom stereocenters. The van der Waals surface area contributed by atoms with Crippen LogP contribution in [0.1, 0.15) is 77.1 Å². The van der Waals surface area contributed by atoms with Crippen LogP contribution in [0.15, 0.2) is 24.3 Å². The van der Waals surface area contributed by atoms with Crippen LogP contribution in [0.5, 0.6) is 0 Å². The summed E-state index contributed by atoms with van der Waals surface area (Å²) in [6.45, 7) is 9.46. The maximum Gasteiger partial charge on any atom is 0.335 e. The molecule has 0 saturated carbocycles. The van der Waals surface area contributed by atoms with E-state index in [0.29, 0.717) is 44.3 Å². The Labute approximate surface area is 224 Å². The zero-order valence-corrected chi connectivity index (χ0v) is 23.0. The van der Waals surface area contributed by atoms with Gasteiger partial charge >= 0.3 is 5.97 Å². The Hall–Kier alpha value is -3.47. The van der Waals surface area contributed by atoms with Gasteiger partial charge in [-0.2, -0.15) is 0 Å². The van der Waals surface area contributed by atoms with E-state index in [4.69, 9.17) is 10.8 Å². The van der Waals surface area contributed by atoms with Crippen LogP contribution in [0.4, 0.5) is 5.69 Å². The van der Waals surface area contributed by atoms with E-state index >= 15 is 0 Å². The molecule has 212 valence electrons. The minimum Gasteiger partial charge on any atom is -0.478 e. The summed E-state index contributed by atoms with van der Waals surface area (Å²) in [7, 11) is 0. The monoisotopic (exact) mass is 534 g/mol. The first kappa shape index (κ1) is 32.6. The van der Waals surface area contributed by atoms with Crippen LogP contribution in [0.3, 0.4) is 0 Å². The number of benzene rings is 1. The third-order valence-electron chi connectivity index (χ3n) is 5.72. The summed E-state index contributed by atoms with van der Waals surface area (Å²) in [5.41, 5.74) is 6.06. The number of carbonyl (C=O) groups is 5. The van der Waals surface area contributed by atoms with Gasteiger partial charge in [0.05, 0.1) is 5.56 Å². The lowest BCUT2D eigenvalue weighted by Gasteiger charge is -2.26. The van der Waals surface area contributed by atoms with E-state index in [1.54, 1.807) is 0 Å². The molecule has 1 aromatic rings. The molecule has 4 amide bonds. The molecule has 0 radical (unpaired) electrons. The molecule has 1 aromatic carbocycles. The summed E-state index contributed by atoms with van der Waals surface area (Å²) in [4.78, 5) is 62.1. The van der Waals surface area contributed by atoms with Gasteiger partial charge in [-0.1, -0.05) is 27.7 Å². The van der Waals surface area contributed by atoms with Crippen LogP contribution in [0, 0.1) is 11.8 Å². The summed E-state index contributed by atoms with van der Waals surface area (Å²) < 4.78 is 0. The van der Waals surface area contributed by atoms with Gasteiger partial charge in [-0.15, -0.1) is 0 Å². The quantitative estimate of drug-likeness (QED) is 0.175. The zero-order valence-electron chi connectivity index (χ0n) is 23.0. The minimum absolute atomic E-state index is 0.0626. The molecule has 0 aliphatic carbocycles. The molecule has 0 heterocycles. The number of nitrogens with two attached hydrogens (primary N) is 1. The fourth-order valence-electron chi connectivity index (χ4n) is 3.88. The van der Waals surface area contributed by atoms with Crippen molar-refractivity contribution in [3.63, 3.8) is 0 Å². The summed E-state index contributed by atoms with van der Waals surface area (Å²) in [5.74, 6) is -2.66. The van der Waals surface area contributed by atoms with Crippen LogP contribution in [0.2, 0.25) is 0 Å². The van der Waals surface area contributed by atoms with Crippen LogP contribution >= 0.6 is 0 Å². The van der Waals surface area contributed by atoms with Crippen molar-refractivity contribution in [3.8, 4) is 0 Å². The lowest BCUT2D eigenvalue weighted by atomic mass is 9.99. The first-order chi connectivity index (χ1) is 17.8. The van der Waals surface area contributed by atoms with Crippen molar-refractivity contribution in [2.45, 2.75) is 84.8 Å². The number of amides is 4. The van der Waals surface area contributed by atoms with Gasteiger partial charge in [0.2, 0.25) is 23.6 Å². The molecule has 0 aromatic heterocycles. The first-order valence-electron chi connectivity index (χ1n) is 13.1. The largest absolute Gasteiger partial charge is 0.478 e. The molecule has 0 fully saturated rings. The standard InChI is InChI=1S/C27H43N5O6/c1-16(2)14-22(29-18(5)33)25(35)32-23(15-17(3)4)26(36)31-21(8-6-7-13-28)24(34)30-20-11-9-19(10-12-20)27(37)38/h9-12,16-17,21-23H,6-8,13-15,28H2,1-5H3,(H,29,33)(H,30,34)(H,31,36)(H,32,35)(H,37,38)/t21-,22-,23-/m0/s1/i19+1. The number of nitrogens with one attached hydrogen (secondary N) is 4. The van der Waals surface area contributed by atoms with Gasteiger partial charge in [0, 0.05) is 12.6 Å². The van der Waals surface area contributed by atoms with Gasteiger partial charge in [-0.25, -0.2) is 4.79 Å². The van der Waals surface area contributed by atoms with Crippen molar-refractivity contribution in [1.29, 1.82) is 0 Å². The first-order valence-corrected chi connectivity index (χ1v) is 13.1. The van der Waals surface area contributed by atoms with Crippen molar-refractivity contribution in [2.24, 2.45) is 17.6 Å². The Morgan fingerprint density at radius 3 is 1.71 bits per heavy atom. The smallest absolute Gasteiger partial charge is 0.335 e. The maximum atomic E-state index is 13.3. The molecule has 11 nitrogen and oxygen atoms in total. The Kier molecular flexibility index (Phi) is 14.0. The number of rotatable bonds is 16. The molecule has 38 heavy (non-hydrogen) atoms. The number of aromatic carboxylic acids is 1. The Bertz CT molecular complexity index is 948. The molecule has 0 aliphatic rings. The molecule has 0 aliphatic heterocycles. The lowest BCUT2D eigenvalue weighted by Crippen LogP contribution is -2.56. The van der Waals surface area contributed by atoms with E-state index in [-0.39, 0.29) is 23.3 Å². The van der Waals surface area contributed by atoms with Crippen molar-refractivity contribution in [1.82, 2.24) is 16.0 Å². The van der Waals surface area contributed by atoms with E-state index < -0.39 is 41.8 Å². The summed E-state index contributed by atoms with van der Waals surface area (Å²) in [6.07, 6.45) is 2.32. The minimum atomic E-state index is -1.08. The SMILES string of the molecule is CC(=O)N[C@@H](CC(C)C)C(=O)N[C@@H](CC(C)C)C(=O)N[C@@H](CCCCN)C(=O)Nc1cc[13c](C(=O)O)cc1. The second-order valence-corrected chi connectivity index (χ2v) is 10.3. The fraction of sp³-hybridized carbons (Fsp3) is 0.593. The van der Waals surface area contributed by atoms with Gasteiger partial charge < -0.3 is 32.1 Å². The molecule has 0 bridgehead atoms. The third-order valence-corrected chi connectivity index (χ3v) is 5.72. The average Bonchev–Trinajstić information content (AvgIpc) is 2.82. The van der Waals surface area contributed by atoms with Gasteiger partial charge in [0.15, 0.2) is 0 Å². The van der Waals surface area contributed by atoms with Crippen LogP contribution in [-0.2, 0) is 19.2 Å². The molecule has 0 spiro atoms. The second-order valence-electron chi connectivity index (χ2n) is 10.3. The van der Waals surface area contributed by atoms with Crippen molar-refractivity contribution in [2.75, 3.05) is 11.9 Å². The number of hydrogen-bond acceptors (Lipinski definition) is 6. The summed E-state index contributed by atoms with van der Waals surface area (Å²) in [6, 6.07) is 3.09. The molecule has 7 N–H and O–H groups in total. The number of unbranched alkanes of at least 4 members (excludes halogenated alkanes) is 1. The summed E-state index contributed by atoms with van der Waals surface area (Å²) in [5, 5.41) is 20.0. The van der Waals surface area contributed by atoms with Crippen molar-refractivity contribution >= 4 is 35.3 Å². The number of carboxylic acids is 1. The van der Waals surface area contributed by atoms with Gasteiger partial charge in [-0.3, -0.25) is 19.2 Å². The van der Waals surface area contributed by atoms with Gasteiger partial charge in [-0.05, 0) is 74.8 Å². The topological polar surface area (TPSA) is 180 Å². The second kappa shape index (κ2) is 16.4. The maximum absolute atomic E-state index is 13.3. The summed E-state index contributed by atoms with van der Waals surface area (Å²) >= 11 is 0. The van der Waals surface area contributed by atoms with E-state index in [0.717, 1.165) is 0 Å². The number of carbonyl (C=O) groups excluding carboxylic acids is 4. The molecule has 0 saturated heterocycles. The average molecular weight is 535 g/mol. The Morgan fingerprint density at radius 2 is 1.26 bits per heavy atom. The highest BCUT2D eigenvalue weighted by Crippen LogP contribution is 2.13. The van der Waals surface area contributed by atoms with Gasteiger partial charge in [0.1, 0.15) is 18.1 Å². The van der Waals surface area contributed by atoms with Crippen LogP contribution in [0.25, 0.3) is 0 Å². The predicted octanol–water partition coefficient (Wildman–Crippen LogP) is 2.02. The highest BCUT2D eigenvalue weighted by Gasteiger charge is 2.30. The number of anilines is 1. The van der Waals surface area contributed by atoms with E-state index in [9.17, 15) is 24.0 Å². The van der Waals surface area contributed by atoms with Crippen molar-refractivity contribution < 1.29 is 29.1 Å². The lowest BCUT2D eigenvalue weighted by molar-refractivity contribution is -0.133. The van der Waals surface area contributed by atoms with Crippen LogP contribution < -0.4 is 27.0 Å². The molecule has 1 rings (SSSR count). The van der Waals surface area contributed by atoms with Gasteiger partial charge in [0.25, 0.3) is 0 Å². The molecular weight excluding hydrogens is 491 g/mol. The molecular formula is C27H43N5O6. The predicted molar refractivity (Wildman–Crippen MR) is 145 cm³/mol. The normalized spacial score (nSPS) is 13.4. The van der Waals surface area contributed by atoms with E-state index in [1.165, 1.54) is 31.2 Å². The Morgan fingerprint density at radius 1 is 0.763 bits per heavy atom. The van der Waals surface area contributed by atoms with E-state index in [1.807, 2.05) is 27.7 Å². The fourth-order valence-corrected chi connectivity index (χ4v) is 3.88. The number of carboxylic acid groups (broad SMARTS) is 1. The Balaban J connectivity index is 3.05. The molecule has 11 heteroatoms. The third kappa shape index (κ3) is 12.2. The molecule has 3 atom stereocenters. The number of hydrogen-bond donors (Lipinski definition) is 6. The van der Waals surface area contributed by atoms with E-state index in [2.05, 4.69) is 21.3 Å². The van der Waals surface area contributed by atoms with Crippen molar-refractivity contribution in [3.05, 3.63) is 29.8 Å². The zero-order chi connectivity index (χ0) is 28.8. The highest BCUT2D eigenvalue weighted by molar-refractivity contribution is 5.99. The highest BCUT2D eigenvalue weighted by atomic mass is 16.4.